The highest BCUT2D eigenvalue weighted by Crippen LogP contribution is 2.24. The van der Waals surface area contributed by atoms with Gasteiger partial charge in [-0.1, -0.05) is 24.3 Å². The molecule has 1 heterocycles. The van der Waals surface area contributed by atoms with Crippen LogP contribution in [-0.4, -0.2) is 24.7 Å². The van der Waals surface area contributed by atoms with Gasteiger partial charge in [-0.3, -0.25) is 0 Å². The Kier molecular flexibility index (Phi) is 3.35. The molecule has 0 bridgehead atoms. The Hall–Kier alpha value is -1.94. The van der Waals surface area contributed by atoms with Gasteiger partial charge in [0.05, 0.1) is 0 Å². The number of hydrogen-bond donors (Lipinski definition) is 1. The van der Waals surface area contributed by atoms with Gasteiger partial charge in [-0.25, -0.2) is 0 Å². The van der Waals surface area contributed by atoms with E-state index in [0.717, 1.165) is 23.8 Å². The first-order valence-corrected chi connectivity index (χ1v) is 5.46. The Bertz CT molecular complexity index is 421. The van der Waals surface area contributed by atoms with E-state index < -0.39 is 0 Å². The predicted octanol–water partition coefficient (Wildman–Crippen LogP) is 0.656. The summed E-state index contributed by atoms with van der Waals surface area (Å²) in [5.74, 6) is 0. The number of carbonyl (C=O) groups is 2. The smallest absolute Gasteiger partial charge is 0.146 e. The van der Waals surface area contributed by atoms with E-state index >= 15 is 0 Å². The number of benzene rings is 1. The summed E-state index contributed by atoms with van der Waals surface area (Å²) in [4.78, 5) is 23.7. The van der Waals surface area contributed by atoms with Crippen molar-refractivity contribution in [2.45, 2.75) is 18.6 Å². The molecule has 1 aliphatic rings. The van der Waals surface area contributed by atoms with Gasteiger partial charge in [-0.2, -0.15) is 0 Å². The average Bonchev–Trinajstić information content (AvgIpc) is 2.81. The van der Waals surface area contributed by atoms with Crippen LogP contribution in [0.2, 0.25) is 0 Å². The largest absolute Gasteiger partial charge is 0.345 e. The van der Waals surface area contributed by atoms with Crippen LogP contribution in [0.5, 0.6) is 0 Å². The van der Waals surface area contributed by atoms with Crippen molar-refractivity contribution in [1.29, 1.82) is 0 Å². The summed E-state index contributed by atoms with van der Waals surface area (Å²) in [5.41, 5.74) is 7.39. The van der Waals surface area contributed by atoms with Crippen LogP contribution in [0.4, 0.5) is 5.69 Å². The van der Waals surface area contributed by atoms with E-state index in [2.05, 4.69) is 0 Å². The highest BCUT2D eigenvalue weighted by Gasteiger charge is 2.27. The quantitative estimate of drug-likeness (QED) is 0.609. The molecule has 88 valence electrons. The standard InChI is InChI=1S/C13H14N2O2/c14-7-10-1-3-11(4-2-10)15-12(8-16)5-6-13(15)9-17/h1-6,8-9,12-13H,7,14H2. The predicted molar refractivity (Wildman–Crippen MR) is 65.7 cm³/mol. The van der Waals surface area contributed by atoms with Gasteiger partial charge in [0, 0.05) is 12.2 Å². The second-order valence-corrected chi connectivity index (χ2v) is 3.92. The third-order valence-corrected chi connectivity index (χ3v) is 2.90. The Morgan fingerprint density at radius 1 is 1.06 bits per heavy atom. The topological polar surface area (TPSA) is 63.4 Å². The molecule has 2 N–H and O–H groups in total. The van der Waals surface area contributed by atoms with Crippen molar-refractivity contribution in [3.63, 3.8) is 0 Å². The van der Waals surface area contributed by atoms with Crippen molar-refractivity contribution in [3.05, 3.63) is 42.0 Å². The fraction of sp³-hybridized carbons (Fsp3) is 0.231. The minimum atomic E-state index is -0.367. The van der Waals surface area contributed by atoms with Gasteiger partial charge < -0.3 is 20.2 Å². The fourth-order valence-corrected chi connectivity index (χ4v) is 1.98. The molecule has 0 aliphatic carbocycles. The number of aldehydes is 2. The van der Waals surface area contributed by atoms with Crippen molar-refractivity contribution < 1.29 is 9.59 Å². The third kappa shape index (κ3) is 2.12. The molecule has 1 aromatic carbocycles. The van der Waals surface area contributed by atoms with Crippen molar-refractivity contribution in [2.24, 2.45) is 5.73 Å². The zero-order chi connectivity index (χ0) is 12.3. The molecule has 4 heteroatoms. The molecule has 0 saturated carbocycles. The number of nitrogens with two attached hydrogens (primary N) is 1. The Morgan fingerprint density at radius 2 is 1.59 bits per heavy atom. The molecule has 0 radical (unpaired) electrons. The molecular weight excluding hydrogens is 216 g/mol. The summed E-state index contributed by atoms with van der Waals surface area (Å²) < 4.78 is 0. The van der Waals surface area contributed by atoms with Crippen LogP contribution in [0, 0.1) is 0 Å². The summed E-state index contributed by atoms with van der Waals surface area (Å²) in [6.07, 6.45) is 5.14. The Labute approximate surface area is 99.7 Å². The number of rotatable bonds is 4. The second kappa shape index (κ2) is 4.93. The lowest BCUT2D eigenvalue weighted by atomic mass is 10.1. The molecule has 0 saturated heterocycles. The van der Waals surface area contributed by atoms with Crippen LogP contribution in [0.15, 0.2) is 36.4 Å². The first kappa shape index (κ1) is 11.5. The van der Waals surface area contributed by atoms with Crippen LogP contribution in [0.25, 0.3) is 0 Å². The SMILES string of the molecule is NCc1ccc(N2C(C=O)C=CC2C=O)cc1. The minimum absolute atomic E-state index is 0.367. The van der Waals surface area contributed by atoms with Crippen LogP contribution < -0.4 is 10.6 Å². The monoisotopic (exact) mass is 230 g/mol. The minimum Gasteiger partial charge on any atom is -0.345 e. The van der Waals surface area contributed by atoms with E-state index in [0.29, 0.717) is 6.54 Å². The van der Waals surface area contributed by atoms with Gasteiger partial charge >= 0.3 is 0 Å². The number of nitrogens with zero attached hydrogens (tertiary/aromatic N) is 1. The average molecular weight is 230 g/mol. The lowest BCUT2D eigenvalue weighted by Gasteiger charge is -2.27. The van der Waals surface area contributed by atoms with E-state index in [1.54, 1.807) is 17.1 Å². The number of hydrogen-bond acceptors (Lipinski definition) is 4. The first-order chi connectivity index (χ1) is 8.30. The van der Waals surface area contributed by atoms with Crippen molar-refractivity contribution in [3.8, 4) is 0 Å². The van der Waals surface area contributed by atoms with Gasteiger partial charge in [-0.15, -0.1) is 0 Å². The summed E-state index contributed by atoms with van der Waals surface area (Å²) in [7, 11) is 0. The molecule has 2 atom stereocenters. The molecule has 1 aliphatic heterocycles. The maximum absolute atomic E-state index is 10.9. The Morgan fingerprint density at radius 3 is 2.00 bits per heavy atom. The number of anilines is 1. The van der Waals surface area contributed by atoms with Crippen molar-refractivity contribution in [2.75, 3.05) is 4.90 Å². The second-order valence-electron chi connectivity index (χ2n) is 3.92. The van der Waals surface area contributed by atoms with Gasteiger partial charge in [0.25, 0.3) is 0 Å². The summed E-state index contributed by atoms with van der Waals surface area (Å²) in [6, 6.07) is 6.82. The van der Waals surface area contributed by atoms with Gasteiger partial charge in [0.1, 0.15) is 24.7 Å². The highest BCUT2D eigenvalue weighted by atomic mass is 16.1. The van der Waals surface area contributed by atoms with Crippen LogP contribution >= 0.6 is 0 Å². The van der Waals surface area contributed by atoms with E-state index in [-0.39, 0.29) is 12.1 Å². The van der Waals surface area contributed by atoms with Crippen molar-refractivity contribution >= 4 is 18.3 Å². The molecule has 0 fully saturated rings. The Balaban J connectivity index is 2.29. The summed E-state index contributed by atoms with van der Waals surface area (Å²) in [5, 5.41) is 0. The summed E-state index contributed by atoms with van der Waals surface area (Å²) in [6.45, 7) is 0.479. The zero-order valence-corrected chi connectivity index (χ0v) is 9.32. The first-order valence-electron chi connectivity index (χ1n) is 5.46. The maximum atomic E-state index is 10.9. The zero-order valence-electron chi connectivity index (χ0n) is 9.32. The van der Waals surface area contributed by atoms with Crippen LogP contribution in [-0.2, 0) is 16.1 Å². The van der Waals surface area contributed by atoms with Crippen molar-refractivity contribution in [1.82, 2.24) is 0 Å². The molecule has 2 rings (SSSR count). The molecule has 1 aromatic rings. The lowest BCUT2D eigenvalue weighted by Crippen LogP contribution is -2.38. The van der Waals surface area contributed by atoms with E-state index in [9.17, 15) is 9.59 Å². The van der Waals surface area contributed by atoms with Gasteiger partial charge in [0.15, 0.2) is 0 Å². The van der Waals surface area contributed by atoms with Gasteiger partial charge in [0.2, 0.25) is 0 Å². The highest BCUT2D eigenvalue weighted by molar-refractivity contribution is 5.80. The molecule has 0 spiro atoms. The molecule has 17 heavy (non-hydrogen) atoms. The van der Waals surface area contributed by atoms with E-state index in [4.69, 9.17) is 5.73 Å². The lowest BCUT2D eigenvalue weighted by molar-refractivity contribution is -0.108. The van der Waals surface area contributed by atoms with Crippen LogP contribution in [0.3, 0.4) is 0 Å². The molecule has 4 nitrogen and oxygen atoms in total. The van der Waals surface area contributed by atoms with Crippen LogP contribution in [0.1, 0.15) is 5.56 Å². The van der Waals surface area contributed by atoms with E-state index in [1.165, 1.54) is 0 Å². The molecule has 0 aromatic heterocycles. The molecular formula is C13H14N2O2. The summed E-state index contributed by atoms with van der Waals surface area (Å²) >= 11 is 0. The maximum Gasteiger partial charge on any atom is 0.146 e. The van der Waals surface area contributed by atoms with E-state index in [1.807, 2.05) is 24.3 Å². The normalized spacial score (nSPS) is 22.8. The molecule has 0 amide bonds. The fourth-order valence-electron chi connectivity index (χ4n) is 1.98. The third-order valence-electron chi connectivity index (χ3n) is 2.90. The number of carbonyl (C=O) groups excluding carboxylic acids is 2. The van der Waals surface area contributed by atoms with Gasteiger partial charge in [-0.05, 0) is 17.7 Å². The molecule has 2 unspecified atom stereocenters.